The van der Waals surface area contributed by atoms with Crippen molar-refractivity contribution in [2.24, 2.45) is 0 Å². The molecule has 0 atom stereocenters. The van der Waals surface area contributed by atoms with E-state index in [2.05, 4.69) is 23.4 Å². The first kappa shape index (κ1) is 10.9. The minimum atomic E-state index is 0. The molecule has 0 saturated heterocycles. The predicted octanol–water partition coefficient (Wildman–Crippen LogP) is 2.99. The topological polar surface area (TPSA) is 12.9 Å². The number of aromatic nitrogens is 1. The molecule has 0 unspecified atom stereocenters. The minimum absolute atomic E-state index is 0. The molecular formula is C10H8NSU-. The van der Waals surface area contributed by atoms with Gasteiger partial charge in [-0.2, -0.15) is 12.5 Å². The Morgan fingerprint density at radius 1 is 1.15 bits per heavy atom. The molecule has 0 saturated carbocycles. The Hall–Kier alpha value is -0.228. The SMILES string of the molecule is [CH2-]c1cnsc1-c1ccccc1.[U]. The molecule has 0 fully saturated rings. The monoisotopic (exact) mass is 412 g/mol. The maximum atomic E-state index is 4.08. The van der Waals surface area contributed by atoms with Gasteiger partial charge in [-0.25, -0.2) is 0 Å². The first-order valence-corrected chi connectivity index (χ1v) is 4.47. The predicted molar refractivity (Wildman–Crippen MR) is 52.0 cm³/mol. The summed E-state index contributed by atoms with van der Waals surface area (Å²) >= 11 is 1.49. The van der Waals surface area contributed by atoms with Crippen LogP contribution in [0.1, 0.15) is 5.56 Å². The Balaban J connectivity index is 0.000000845. The number of rotatable bonds is 1. The van der Waals surface area contributed by atoms with Crippen LogP contribution in [0.25, 0.3) is 10.4 Å². The van der Waals surface area contributed by atoms with Crippen molar-refractivity contribution in [3.63, 3.8) is 0 Å². The smallest absolute Gasteiger partial charge is 0 e. The van der Waals surface area contributed by atoms with Crippen LogP contribution in [-0.2, 0) is 0 Å². The van der Waals surface area contributed by atoms with Gasteiger partial charge in [-0.05, 0) is 4.88 Å². The summed E-state index contributed by atoms with van der Waals surface area (Å²) in [6, 6.07) is 10.2. The van der Waals surface area contributed by atoms with Gasteiger partial charge >= 0.3 is 0 Å². The van der Waals surface area contributed by atoms with E-state index < -0.39 is 0 Å². The van der Waals surface area contributed by atoms with Crippen molar-refractivity contribution < 1.29 is 31.1 Å². The van der Waals surface area contributed by atoms with Gasteiger partial charge in [0.25, 0.3) is 0 Å². The van der Waals surface area contributed by atoms with Gasteiger partial charge in [-0.3, -0.25) is 4.37 Å². The Morgan fingerprint density at radius 2 is 1.85 bits per heavy atom. The van der Waals surface area contributed by atoms with Gasteiger partial charge in [0.2, 0.25) is 0 Å². The van der Waals surface area contributed by atoms with Crippen LogP contribution in [0.4, 0.5) is 0 Å². The summed E-state index contributed by atoms with van der Waals surface area (Å²) in [5.41, 5.74) is 2.20. The fourth-order valence-corrected chi connectivity index (χ4v) is 1.78. The molecule has 1 heterocycles. The van der Waals surface area contributed by atoms with Crippen molar-refractivity contribution in [2.75, 3.05) is 0 Å². The van der Waals surface area contributed by atoms with E-state index in [1.54, 1.807) is 6.20 Å². The van der Waals surface area contributed by atoms with Gasteiger partial charge in [0.1, 0.15) is 0 Å². The molecule has 0 bridgehead atoms. The van der Waals surface area contributed by atoms with Crippen LogP contribution < -0.4 is 0 Å². The number of nitrogens with zero attached hydrogens (tertiary/aromatic N) is 1. The van der Waals surface area contributed by atoms with E-state index in [1.165, 1.54) is 17.1 Å². The summed E-state index contributed by atoms with van der Waals surface area (Å²) < 4.78 is 4.08. The Morgan fingerprint density at radius 3 is 2.38 bits per heavy atom. The van der Waals surface area contributed by atoms with Gasteiger partial charge in [0.05, 0.1) is 0 Å². The molecular weight excluding hydrogens is 404 g/mol. The van der Waals surface area contributed by atoms with Gasteiger partial charge in [-0.15, -0.1) is 11.5 Å². The van der Waals surface area contributed by atoms with E-state index in [-0.39, 0.29) is 31.1 Å². The third kappa shape index (κ3) is 2.37. The van der Waals surface area contributed by atoms with E-state index in [9.17, 15) is 0 Å². The fraction of sp³-hybridized carbons (Fsp3) is 0. The van der Waals surface area contributed by atoms with Crippen molar-refractivity contribution in [3.05, 3.63) is 49.0 Å². The molecule has 1 aromatic carbocycles. The standard InChI is InChI=1S/C10H8NS.U/c1-8-7-11-12-10(8)9-5-3-2-4-6-9;/h2-7H,1H2;/q-1;. The van der Waals surface area contributed by atoms with E-state index >= 15 is 0 Å². The quantitative estimate of drug-likeness (QED) is 0.657. The van der Waals surface area contributed by atoms with Crippen molar-refractivity contribution >= 4 is 11.5 Å². The maximum Gasteiger partial charge on any atom is 0 e. The van der Waals surface area contributed by atoms with E-state index in [0.29, 0.717) is 0 Å². The van der Waals surface area contributed by atoms with Gasteiger partial charge < -0.3 is 0 Å². The van der Waals surface area contributed by atoms with Crippen LogP contribution in [0.15, 0.2) is 36.5 Å². The molecule has 1 nitrogen and oxygen atoms in total. The fourth-order valence-electron chi connectivity index (χ4n) is 1.09. The Bertz CT molecular complexity index is 369. The third-order valence-electron chi connectivity index (χ3n) is 1.68. The first-order valence-electron chi connectivity index (χ1n) is 3.70. The summed E-state index contributed by atoms with van der Waals surface area (Å²) in [4.78, 5) is 1.16. The maximum absolute atomic E-state index is 4.08. The number of hydrogen-bond donors (Lipinski definition) is 0. The van der Waals surface area contributed by atoms with Crippen LogP contribution in [-0.4, -0.2) is 4.37 Å². The number of hydrogen-bond acceptors (Lipinski definition) is 2. The normalized spacial score (nSPS) is 9.23. The second-order valence-corrected chi connectivity index (χ2v) is 3.35. The molecule has 0 aliphatic carbocycles. The Kier molecular flexibility index (Phi) is 4.05. The molecule has 0 spiro atoms. The van der Waals surface area contributed by atoms with Gasteiger partial charge in [0.15, 0.2) is 0 Å². The number of benzene rings is 1. The third-order valence-corrected chi connectivity index (χ3v) is 2.57. The average Bonchev–Trinajstić information content (AvgIpc) is 2.53. The molecule has 64 valence electrons. The van der Waals surface area contributed by atoms with Gasteiger partial charge in [0, 0.05) is 31.1 Å². The van der Waals surface area contributed by atoms with Crippen molar-refractivity contribution in [2.45, 2.75) is 0 Å². The van der Waals surface area contributed by atoms with E-state index in [1.807, 2.05) is 18.2 Å². The van der Waals surface area contributed by atoms with Crippen LogP contribution >= 0.6 is 11.5 Å². The molecule has 13 heavy (non-hydrogen) atoms. The van der Waals surface area contributed by atoms with Crippen molar-refractivity contribution in [1.82, 2.24) is 4.37 Å². The average molecular weight is 412 g/mol. The Labute approximate surface area is 106 Å². The molecule has 0 amide bonds. The zero-order valence-electron chi connectivity index (χ0n) is 7.03. The van der Waals surface area contributed by atoms with Crippen molar-refractivity contribution in [3.8, 4) is 10.4 Å². The van der Waals surface area contributed by atoms with Crippen LogP contribution in [0.3, 0.4) is 0 Å². The van der Waals surface area contributed by atoms with Crippen molar-refractivity contribution in [1.29, 1.82) is 0 Å². The van der Waals surface area contributed by atoms with Crippen LogP contribution in [0.5, 0.6) is 0 Å². The molecule has 2 aromatic rings. The molecule has 0 aliphatic rings. The van der Waals surface area contributed by atoms with Crippen LogP contribution in [0.2, 0.25) is 0 Å². The zero-order chi connectivity index (χ0) is 8.39. The van der Waals surface area contributed by atoms with E-state index in [0.717, 1.165) is 10.4 Å². The zero-order valence-corrected chi connectivity index (χ0v) is 12.0. The van der Waals surface area contributed by atoms with Crippen LogP contribution in [0, 0.1) is 38.0 Å². The second kappa shape index (κ2) is 4.86. The summed E-state index contributed by atoms with van der Waals surface area (Å²) in [5, 5.41) is 0. The largest absolute Gasteiger partial charge is 0.278 e. The first-order chi connectivity index (χ1) is 5.88. The molecule has 1 aromatic heterocycles. The summed E-state index contributed by atoms with van der Waals surface area (Å²) in [5.74, 6) is 0. The van der Waals surface area contributed by atoms with Gasteiger partial charge in [-0.1, -0.05) is 42.1 Å². The van der Waals surface area contributed by atoms with E-state index in [4.69, 9.17) is 0 Å². The summed E-state index contributed by atoms with van der Waals surface area (Å²) in [6.07, 6.45) is 1.80. The summed E-state index contributed by atoms with van der Waals surface area (Å²) in [7, 11) is 0. The molecule has 0 radical (unpaired) electrons. The molecule has 2 rings (SSSR count). The molecule has 0 N–H and O–H groups in total. The summed E-state index contributed by atoms with van der Waals surface area (Å²) in [6.45, 7) is 3.90. The minimum Gasteiger partial charge on any atom is -0.278 e. The molecule has 3 heteroatoms. The molecule has 0 aliphatic heterocycles. The second-order valence-electron chi connectivity index (χ2n) is 2.55.